The van der Waals surface area contributed by atoms with Gasteiger partial charge in [-0.2, -0.15) is 0 Å². The lowest BCUT2D eigenvalue weighted by molar-refractivity contribution is -0.0497. The second-order valence-electron chi connectivity index (χ2n) is 5.28. The van der Waals surface area contributed by atoms with E-state index in [1.54, 1.807) is 0 Å². The number of alkyl halides is 2. The number of hydrogen-bond donors (Lipinski definition) is 1. The van der Waals surface area contributed by atoms with E-state index < -0.39 is 5.92 Å². The molecule has 1 fully saturated rings. The van der Waals surface area contributed by atoms with E-state index in [1.165, 1.54) is 0 Å². The SMILES string of the molecule is CCNC(c1cccc(Cl)c1)C1CCC(F)(F)CC1. The fourth-order valence-electron chi connectivity index (χ4n) is 2.87. The second kappa shape index (κ2) is 6.19. The maximum absolute atomic E-state index is 13.3. The largest absolute Gasteiger partial charge is 0.310 e. The average molecular weight is 288 g/mol. The zero-order valence-electron chi connectivity index (χ0n) is 11.1. The molecule has 19 heavy (non-hydrogen) atoms. The van der Waals surface area contributed by atoms with Crippen LogP contribution in [0.1, 0.15) is 44.2 Å². The summed E-state index contributed by atoms with van der Waals surface area (Å²) in [6.07, 6.45) is 1.13. The molecule has 1 nitrogen and oxygen atoms in total. The van der Waals surface area contributed by atoms with Gasteiger partial charge in [0.15, 0.2) is 0 Å². The van der Waals surface area contributed by atoms with Gasteiger partial charge in [-0.25, -0.2) is 8.78 Å². The van der Waals surface area contributed by atoms with Crippen molar-refractivity contribution < 1.29 is 8.78 Å². The van der Waals surface area contributed by atoms with Crippen LogP contribution in [0, 0.1) is 5.92 Å². The molecule has 1 atom stereocenters. The van der Waals surface area contributed by atoms with E-state index in [0.717, 1.165) is 12.1 Å². The molecule has 0 spiro atoms. The van der Waals surface area contributed by atoms with Crippen LogP contribution in [0.3, 0.4) is 0 Å². The van der Waals surface area contributed by atoms with Crippen molar-refractivity contribution in [2.45, 2.75) is 44.6 Å². The first-order valence-corrected chi connectivity index (χ1v) is 7.26. The molecule has 1 aromatic carbocycles. The Bertz CT molecular complexity index is 412. The van der Waals surface area contributed by atoms with Crippen LogP contribution in [-0.2, 0) is 0 Å². The van der Waals surface area contributed by atoms with Crippen molar-refractivity contribution in [2.24, 2.45) is 5.92 Å². The van der Waals surface area contributed by atoms with Crippen LogP contribution < -0.4 is 5.32 Å². The van der Waals surface area contributed by atoms with E-state index in [-0.39, 0.29) is 24.8 Å². The predicted molar refractivity (Wildman–Crippen MR) is 74.8 cm³/mol. The molecule has 1 aliphatic carbocycles. The molecular weight excluding hydrogens is 268 g/mol. The summed E-state index contributed by atoms with van der Waals surface area (Å²) in [6.45, 7) is 2.86. The zero-order valence-corrected chi connectivity index (χ0v) is 11.9. The van der Waals surface area contributed by atoms with Gasteiger partial charge in [0.25, 0.3) is 0 Å². The van der Waals surface area contributed by atoms with Gasteiger partial charge in [-0.05, 0) is 43.0 Å². The van der Waals surface area contributed by atoms with Gasteiger partial charge >= 0.3 is 0 Å². The fourth-order valence-corrected chi connectivity index (χ4v) is 3.07. The minimum atomic E-state index is -2.47. The lowest BCUT2D eigenvalue weighted by atomic mass is 9.79. The molecule has 0 aromatic heterocycles. The minimum Gasteiger partial charge on any atom is -0.310 e. The minimum absolute atomic E-state index is 0.000126. The molecule has 0 bridgehead atoms. The molecule has 1 saturated carbocycles. The van der Waals surface area contributed by atoms with Crippen molar-refractivity contribution >= 4 is 11.6 Å². The Morgan fingerprint density at radius 1 is 1.37 bits per heavy atom. The van der Waals surface area contributed by atoms with Crippen molar-refractivity contribution in [1.82, 2.24) is 5.32 Å². The molecule has 0 heterocycles. The maximum atomic E-state index is 13.3. The Labute approximate surface area is 118 Å². The summed E-state index contributed by atoms with van der Waals surface area (Å²) in [7, 11) is 0. The van der Waals surface area contributed by atoms with Gasteiger partial charge in [0, 0.05) is 23.9 Å². The molecule has 2 rings (SSSR count). The lowest BCUT2D eigenvalue weighted by Gasteiger charge is -2.34. The van der Waals surface area contributed by atoms with E-state index in [2.05, 4.69) is 5.32 Å². The summed E-state index contributed by atoms with van der Waals surface area (Å²) in [5.74, 6) is -2.21. The van der Waals surface area contributed by atoms with E-state index in [4.69, 9.17) is 11.6 Å². The Kier molecular flexibility index (Phi) is 4.80. The Balaban J connectivity index is 2.12. The molecule has 1 N–H and O–H groups in total. The summed E-state index contributed by atoms with van der Waals surface area (Å²) in [4.78, 5) is 0. The van der Waals surface area contributed by atoms with Gasteiger partial charge in [0.05, 0.1) is 0 Å². The highest BCUT2D eigenvalue weighted by Gasteiger charge is 2.37. The van der Waals surface area contributed by atoms with Crippen molar-refractivity contribution in [3.63, 3.8) is 0 Å². The van der Waals surface area contributed by atoms with Gasteiger partial charge in [0.2, 0.25) is 5.92 Å². The first-order valence-electron chi connectivity index (χ1n) is 6.88. The van der Waals surface area contributed by atoms with Crippen LogP contribution in [0.25, 0.3) is 0 Å². The summed E-state index contributed by atoms with van der Waals surface area (Å²) >= 11 is 6.03. The second-order valence-corrected chi connectivity index (χ2v) is 5.72. The summed E-state index contributed by atoms with van der Waals surface area (Å²) in [6, 6.07) is 7.83. The fraction of sp³-hybridized carbons (Fsp3) is 0.600. The quantitative estimate of drug-likeness (QED) is 0.837. The van der Waals surface area contributed by atoms with Gasteiger partial charge < -0.3 is 5.32 Å². The third-order valence-electron chi connectivity index (χ3n) is 3.87. The van der Waals surface area contributed by atoms with E-state index in [9.17, 15) is 8.78 Å². The van der Waals surface area contributed by atoms with Crippen molar-refractivity contribution in [2.75, 3.05) is 6.54 Å². The normalized spacial score (nSPS) is 21.3. The van der Waals surface area contributed by atoms with Crippen LogP contribution in [0.2, 0.25) is 5.02 Å². The molecule has 1 aliphatic rings. The van der Waals surface area contributed by atoms with Gasteiger partial charge in [-0.3, -0.25) is 0 Å². The van der Waals surface area contributed by atoms with Crippen LogP contribution in [0.4, 0.5) is 8.78 Å². The molecule has 1 unspecified atom stereocenters. The smallest absolute Gasteiger partial charge is 0.248 e. The van der Waals surface area contributed by atoms with Crippen molar-refractivity contribution in [3.8, 4) is 0 Å². The maximum Gasteiger partial charge on any atom is 0.248 e. The zero-order chi connectivity index (χ0) is 13.9. The van der Waals surface area contributed by atoms with Crippen LogP contribution in [-0.4, -0.2) is 12.5 Å². The average Bonchev–Trinajstić information content (AvgIpc) is 2.36. The number of nitrogens with one attached hydrogen (secondary N) is 1. The Morgan fingerprint density at radius 2 is 2.05 bits per heavy atom. The number of rotatable bonds is 4. The van der Waals surface area contributed by atoms with E-state index in [1.807, 2.05) is 31.2 Å². The predicted octanol–water partition coefficient (Wildman–Crippen LogP) is 4.82. The number of benzene rings is 1. The van der Waals surface area contributed by atoms with Gasteiger partial charge in [0.1, 0.15) is 0 Å². The third kappa shape index (κ3) is 3.90. The van der Waals surface area contributed by atoms with Gasteiger partial charge in [-0.15, -0.1) is 0 Å². The first kappa shape index (κ1) is 14.7. The Hall–Kier alpha value is -0.670. The van der Waals surface area contributed by atoms with Crippen LogP contribution in [0.5, 0.6) is 0 Å². The molecule has 106 valence electrons. The highest BCUT2D eigenvalue weighted by atomic mass is 35.5. The monoisotopic (exact) mass is 287 g/mol. The molecule has 0 amide bonds. The molecule has 0 radical (unpaired) electrons. The Morgan fingerprint density at radius 3 is 2.63 bits per heavy atom. The standard InChI is InChI=1S/C15H20ClF2N/c1-2-19-14(12-4-3-5-13(16)10-12)11-6-8-15(17,18)9-7-11/h3-5,10-11,14,19H,2,6-9H2,1H3. The highest BCUT2D eigenvalue weighted by Crippen LogP contribution is 2.41. The van der Waals surface area contributed by atoms with Crippen molar-refractivity contribution in [3.05, 3.63) is 34.9 Å². The summed E-state index contributed by atoms with van der Waals surface area (Å²) in [5, 5.41) is 4.12. The number of hydrogen-bond acceptors (Lipinski definition) is 1. The van der Waals surface area contributed by atoms with Crippen LogP contribution in [0.15, 0.2) is 24.3 Å². The van der Waals surface area contributed by atoms with Gasteiger partial charge in [-0.1, -0.05) is 30.7 Å². The first-order chi connectivity index (χ1) is 9.02. The molecule has 0 aliphatic heterocycles. The summed E-state index contributed by atoms with van der Waals surface area (Å²) in [5.41, 5.74) is 1.10. The number of halogens is 3. The molecular formula is C15H20ClF2N. The highest BCUT2D eigenvalue weighted by molar-refractivity contribution is 6.30. The van der Waals surface area contributed by atoms with E-state index >= 15 is 0 Å². The van der Waals surface area contributed by atoms with Crippen LogP contribution >= 0.6 is 11.6 Å². The third-order valence-corrected chi connectivity index (χ3v) is 4.10. The van der Waals surface area contributed by atoms with Crippen molar-refractivity contribution in [1.29, 1.82) is 0 Å². The molecule has 4 heteroatoms. The molecule has 0 saturated heterocycles. The summed E-state index contributed by atoms with van der Waals surface area (Å²) < 4.78 is 26.5. The lowest BCUT2D eigenvalue weighted by Crippen LogP contribution is -2.34. The molecule has 1 aromatic rings. The van der Waals surface area contributed by atoms with E-state index in [0.29, 0.717) is 17.9 Å². The topological polar surface area (TPSA) is 12.0 Å².